The van der Waals surface area contributed by atoms with Gasteiger partial charge in [-0.1, -0.05) is 16.8 Å². The number of urea groups is 1. The molecule has 2 heterocycles. The van der Waals surface area contributed by atoms with Crippen molar-refractivity contribution in [2.45, 2.75) is 13.8 Å². The molecule has 1 aromatic carbocycles. The predicted molar refractivity (Wildman–Crippen MR) is 117 cm³/mol. The van der Waals surface area contributed by atoms with Crippen molar-refractivity contribution in [3.63, 3.8) is 0 Å². The van der Waals surface area contributed by atoms with Gasteiger partial charge in [-0.2, -0.15) is 0 Å². The standard InChI is InChI=1S/C18H18ClN7O3S/c1-9-10(2)30-18(24-9)26-17(27)25-14-5-4-11(6-13(14)19)29-16-12(7-23-28-3)15(20)21-8-22-16/h4-8H,1-3H3,(H2,20,21,22)(H2,24,25,26,27). The topological polar surface area (TPSA) is 137 Å². The minimum absolute atomic E-state index is 0.173. The Morgan fingerprint density at radius 1 is 1.30 bits per heavy atom. The van der Waals surface area contributed by atoms with E-state index < -0.39 is 6.03 Å². The fraction of sp³-hybridized carbons (Fsp3) is 0.167. The van der Waals surface area contributed by atoms with Gasteiger partial charge < -0.3 is 20.6 Å². The van der Waals surface area contributed by atoms with Crippen LogP contribution in [0.4, 0.5) is 21.4 Å². The maximum Gasteiger partial charge on any atom is 0.325 e. The van der Waals surface area contributed by atoms with Crippen LogP contribution in [0.3, 0.4) is 0 Å². The number of nitrogen functional groups attached to an aromatic ring is 1. The number of oxime groups is 1. The van der Waals surface area contributed by atoms with Gasteiger partial charge in [0.1, 0.15) is 30.6 Å². The molecule has 0 spiro atoms. The molecular formula is C18H18ClN7O3S. The molecule has 0 saturated carbocycles. The third-order valence-corrected chi connectivity index (χ3v) is 5.12. The van der Waals surface area contributed by atoms with E-state index in [-0.39, 0.29) is 16.7 Å². The van der Waals surface area contributed by atoms with Crippen molar-refractivity contribution in [3.05, 3.63) is 45.7 Å². The molecule has 156 valence electrons. The van der Waals surface area contributed by atoms with Crippen LogP contribution in [0.1, 0.15) is 16.1 Å². The van der Waals surface area contributed by atoms with Gasteiger partial charge in [-0.3, -0.25) is 5.32 Å². The van der Waals surface area contributed by atoms with Crippen LogP contribution in [0.2, 0.25) is 5.02 Å². The first-order valence-electron chi connectivity index (χ1n) is 8.53. The number of nitrogens with two attached hydrogens (primary N) is 1. The molecular weight excluding hydrogens is 430 g/mol. The van der Waals surface area contributed by atoms with Crippen molar-refractivity contribution in [1.82, 2.24) is 15.0 Å². The van der Waals surface area contributed by atoms with Crippen molar-refractivity contribution in [3.8, 4) is 11.6 Å². The van der Waals surface area contributed by atoms with E-state index in [2.05, 4.69) is 35.6 Å². The van der Waals surface area contributed by atoms with E-state index in [1.165, 1.54) is 37.1 Å². The molecule has 3 aromatic rings. The van der Waals surface area contributed by atoms with Gasteiger partial charge in [-0.05, 0) is 26.0 Å². The molecule has 0 saturated heterocycles. The summed E-state index contributed by atoms with van der Waals surface area (Å²) in [6.07, 6.45) is 2.60. The summed E-state index contributed by atoms with van der Waals surface area (Å²) in [6.45, 7) is 3.81. The van der Waals surface area contributed by atoms with Gasteiger partial charge in [0.25, 0.3) is 0 Å². The molecule has 0 aliphatic heterocycles. The van der Waals surface area contributed by atoms with Gasteiger partial charge in [0.15, 0.2) is 5.13 Å². The van der Waals surface area contributed by atoms with Gasteiger partial charge in [0.2, 0.25) is 5.88 Å². The Morgan fingerprint density at radius 2 is 2.10 bits per heavy atom. The van der Waals surface area contributed by atoms with Crippen molar-refractivity contribution in [2.24, 2.45) is 5.16 Å². The molecule has 2 amide bonds. The zero-order chi connectivity index (χ0) is 21.7. The van der Waals surface area contributed by atoms with Crippen LogP contribution >= 0.6 is 22.9 Å². The quantitative estimate of drug-likeness (QED) is 0.380. The van der Waals surface area contributed by atoms with Crippen molar-refractivity contribution in [2.75, 3.05) is 23.5 Å². The first-order chi connectivity index (χ1) is 14.4. The number of hydrogen-bond donors (Lipinski definition) is 3. The molecule has 3 rings (SSSR count). The highest BCUT2D eigenvalue weighted by Crippen LogP contribution is 2.31. The number of carbonyl (C=O) groups excluding carboxylic acids is 1. The number of rotatable bonds is 6. The van der Waals surface area contributed by atoms with E-state index in [1.54, 1.807) is 12.1 Å². The minimum atomic E-state index is -0.457. The summed E-state index contributed by atoms with van der Waals surface area (Å²) >= 11 is 7.68. The Morgan fingerprint density at radius 3 is 2.77 bits per heavy atom. The van der Waals surface area contributed by atoms with Crippen LogP contribution in [-0.4, -0.2) is 34.3 Å². The molecule has 0 aliphatic carbocycles. The Hall–Kier alpha value is -3.44. The molecule has 0 aliphatic rings. The average Bonchev–Trinajstić information content (AvgIpc) is 3.00. The number of aromatic nitrogens is 3. The summed E-state index contributed by atoms with van der Waals surface area (Å²) in [4.78, 5) is 30.1. The molecule has 12 heteroatoms. The van der Waals surface area contributed by atoms with E-state index >= 15 is 0 Å². The lowest BCUT2D eigenvalue weighted by Crippen LogP contribution is -2.19. The largest absolute Gasteiger partial charge is 0.438 e. The molecule has 10 nitrogen and oxygen atoms in total. The average molecular weight is 448 g/mol. The number of carbonyl (C=O) groups is 1. The number of ether oxygens (including phenoxy) is 1. The second-order valence-corrected chi connectivity index (χ2v) is 7.49. The van der Waals surface area contributed by atoms with Crippen LogP contribution in [0, 0.1) is 13.8 Å². The monoisotopic (exact) mass is 447 g/mol. The van der Waals surface area contributed by atoms with E-state index in [1.807, 2.05) is 13.8 Å². The van der Waals surface area contributed by atoms with E-state index in [0.29, 0.717) is 22.1 Å². The van der Waals surface area contributed by atoms with Crippen molar-refractivity contribution >= 4 is 51.8 Å². The number of amides is 2. The van der Waals surface area contributed by atoms with E-state index in [4.69, 9.17) is 22.1 Å². The van der Waals surface area contributed by atoms with Gasteiger partial charge in [0, 0.05) is 10.9 Å². The van der Waals surface area contributed by atoms with Gasteiger partial charge in [-0.25, -0.2) is 19.7 Å². The Bertz CT molecular complexity index is 1080. The lowest BCUT2D eigenvalue weighted by atomic mass is 10.3. The summed E-state index contributed by atoms with van der Waals surface area (Å²) in [6, 6.07) is 4.29. The first-order valence-corrected chi connectivity index (χ1v) is 9.73. The minimum Gasteiger partial charge on any atom is -0.438 e. The third kappa shape index (κ3) is 5.13. The van der Waals surface area contributed by atoms with Crippen LogP contribution in [0.5, 0.6) is 11.6 Å². The highest BCUT2D eigenvalue weighted by Gasteiger charge is 2.13. The molecule has 30 heavy (non-hydrogen) atoms. The Labute approximate surface area is 181 Å². The zero-order valence-corrected chi connectivity index (χ0v) is 17.8. The van der Waals surface area contributed by atoms with Gasteiger partial charge >= 0.3 is 6.03 Å². The predicted octanol–water partition coefficient (Wildman–Crippen LogP) is 4.20. The van der Waals surface area contributed by atoms with Crippen molar-refractivity contribution in [1.29, 1.82) is 0 Å². The molecule has 0 atom stereocenters. The number of benzene rings is 1. The highest BCUT2D eigenvalue weighted by molar-refractivity contribution is 7.15. The SMILES string of the molecule is CON=Cc1c(N)ncnc1Oc1ccc(NC(=O)Nc2nc(C)c(C)s2)c(Cl)c1. The molecule has 0 bridgehead atoms. The van der Waals surface area contributed by atoms with Gasteiger partial charge in [0.05, 0.1) is 22.6 Å². The summed E-state index contributed by atoms with van der Waals surface area (Å²) in [5.41, 5.74) is 7.46. The molecule has 0 unspecified atom stereocenters. The van der Waals surface area contributed by atoms with Crippen LogP contribution in [-0.2, 0) is 4.84 Å². The summed E-state index contributed by atoms with van der Waals surface area (Å²) in [7, 11) is 1.40. The number of nitrogens with zero attached hydrogens (tertiary/aromatic N) is 4. The fourth-order valence-electron chi connectivity index (χ4n) is 2.25. The van der Waals surface area contributed by atoms with Gasteiger partial charge in [-0.15, -0.1) is 11.3 Å². The van der Waals surface area contributed by atoms with Crippen LogP contribution in [0.15, 0.2) is 29.7 Å². The fourth-order valence-corrected chi connectivity index (χ4v) is 3.28. The summed E-state index contributed by atoms with van der Waals surface area (Å²) in [5.74, 6) is 0.726. The number of aryl methyl sites for hydroxylation is 2. The molecule has 4 N–H and O–H groups in total. The zero-order valence-electron chi connectivity index (χ0n) is 16.3. The van der Waals surface area contributed by atoms with E-state index in [0.717, 1.165) is 10.6 Å². The van der Waals surface area contributed by atoms with E-state index in [9.17, 15) is 4.79 Å². The summed E-state index contributed by atoms with van der Waals surface area (Å²) < 4.78 is 5.74. The van der Waals surface area contributed by atoms with Crippen molar-refractivity contribution < 1.29 is 14.4 Å². The van der Waals surface area contributed by atoms with Crippen LogP contribution < -0.4 is 21.1 Å². The maximum absolute atomic E-state index is 12.2. The second kappa shape index (κ2) is 9.37. The third-order valence-electron chi connectivity index (χ3n) is 3.82. The Kier molecular flexibility index (Phi) is 6.65. The Balaban J connectivity index is 1.72. The second-order valence-electron chi connectivity index (χ2n) is 5.88. The number of hydrogen-bond acceptors (Lipinski definition) is 9. The molecule has 0 radical (unpaired) electrons. The molecule has 2 aromatic heterocycles. The number of nitrogens with one attached hydrogen (secondary N) is 2. The normalized spacial score (nSPS) is 10.8. The van der Waals surface area contributed by atoms with Crippen LogP contribution in [0.25, 0.3) is 0 Å². The molecule has 0 fully saturated rings. The lowest BCUT2D eigenvalue weighted by Gasteiger charge is -2.11. The highest BCUT2D eigenvalue weighted by atomic mass is 35.5. The number of thiazole rings is 1. The first kappa shape index (κ1) is 21.3. The maximum atomic E-state index is 12.2. The number of halogens is 1. The lowest BCUT2D eigenvalue weighted by molar-refractivity contribution is 0.215. The summed E-state index contributed by atoms with van der Waals surface area (Å²) in [5, 5.41) is 9.78. The smallest absolute Gasteiger partial charge is 0.325 e. The number of anilines is 3.